The second-order valence-corrected chi connectivity index (χ2v) is 4.08. The van der Waals surface area contributed by atoms with Crippen molar-refractivity contribution in [2.75, 3.05) is 11.2 Å². The Kier molecular flexibility index (Phi) is 2.97. The fourth-order valence-electron chi connectivity index (χ4n) is 1.98. The molecule has 0 spiro atoms. The van der Waals surface area contributed by atoms with Crippen molar-refractivity contribution in [1.82, 2.24) is 0 Å². The van der Waals surface area contributed by atoms with Crippen LogP contribution in [-0.2, 0) is 4.79 Å². The maximum Gasteiger partial charge on any atom is 0.231 e. The summed E-state index contributed by atoms with van der Waals surface area (Å²) in [5.74, 6) is -0.276. The van der Waals surface area contributed by atoms with Gasteiger partial charge in [-0.15, -0.1) is 11.6 Å². The van der Waals surface area contributed by atoms with Gasteiger partial charge in [0.15, 0.2) is 5.78 Å². The molecule has 1 aliphatic rings. The maximum absolute atomic E-state index is 11.6. The first kappa shape index (κ1) is 11.1. The van der Waals surface area contributed by atoms with Crippen LogP contribution in [0.15, 0.2) is 18.2 Å². The van der Waals surface area contributed by atoms with Crippen molar-refractivity contribution in [3.8, 4) is 0 Å². The summed E-state index contributed by atoms with van der Waals surface area (Å²) < 4.78 is 0. The van der Waals surface area contributed by atoms with Gasteiger partial charge in [0, 0.05) is 11.3 Å². The predicted molar refractivity (Wildman–Crippen MR) is 63.2 cm³/mol. The van der Waals surface area contributed by atoms with Crippen LogP contribution >= 0.6 is 11.6 Å². The number of fused-ring (bicyclic) bond motifs is 1. The average molecular weight is 238 g/mol. The van der Waals surface area contributed by atoms with E-state index in [1.165, 1.54) is 0 Å². The Labute approximate surface area is 98.8 Å². The summed E-state index contributed by atoms with van der Waals surface area (Å²) >= 11 is 5.50. The van der Waals surface area contributed by atoms with E-state index in [4.69, 9.17) is 11.6 Å². The quantitative estimate of drug-likeness (QED) is 0.649. The van der Waals surface area contributed by atoms with E-state index < -0.39 is 0 Å². The average Bonchev–Trinajstić information content (AvgIpc) is 2.62. The van der Waals surface area contributed by atoms with E-state index in [0.29, 0.717) is 5.56 Å². The largest absolute Gasteiger partial charge is 0.325 e. The van der Waals surface area contributed by atoms with E-state index in [-0.39, 0.29) is 23.5 Å². The minimum atomic E-state index is -0.141. The number of rotatable bonds is 3. The zero-order chi connectivity index (χ0) is 11.7. The van der Waals surface area contributed by atoms with E-state index in [9.17, 15) is 9.59 Å². The highest BCUT2D eigenvalue weighted by Crippen LogP contribution is 2.35. The summed E-state index contributed by atoms with van der Waals surface area (Å²) in [5.41, 5.74) is 2.29. The number of carbonyl (C=O) groups excluding carboxylic acids is 2. The van der Waals surface area contributed by atoms with Crippen LogP contribution in [0.1, 0.15) is 35.2 Å². The molecule has 0 fully saturated rings. The number of alkyl halides is 1. The van der Waals surface area contributed by atoms with Crippen LogP contribution in [0.4, 0.5) is 5.69 Å². The standard InChI is InChI=1S/C12H12ClNO2/c1-2-8-9-5-7(11(15)6-13)3-4-10(9)14-12(8)16/h3-5,8H,2,6H2,1H3,(H,14,16). The number of carbonyl (C=O) groups is 2. The first-order valence-electron chi connectivity index (χ1n) is 5.21. The summed E-state index contributed by atoms with van der Waals surface area (Å²) in [5, 5.41) is 2.80. The highest BCUT2D eigenvalue weighted by Gasteiger charge is 2.29. The summed E-state index contributed by atoms with van der Waals surface area (Å²) in [6, 6.07) is 5.23. The third-order valence-electron chi connectivity index (χ3n) is 2.85. The summed E-state index contributed by atoms with van der Waals surface area (Å²) in [7, 11) is 0. The minimum absolute atomic E-state index is 0.00738. The number of anilines is 1. The fourth-order valence-corrected chi connectivity index (χ4v) is 2.14. The molecule has 2 rings (SSSR count). The molecule has 0 bridgehead atoms. The summed E-state index contributed by atoms with van der Waals surface area (Å²) in [6.07, 6.45) is 0.733. The van der Waals surface area contributed by atoms with Crippen LogP contribution in [0.5, 0.6) is 0 Å². The van der Waals surface area contributed by atoms with Crippen molar-refractivity contribution < 1.29 is 9.59 Å². The van der Waals surface area contributed by atoms with Gasteiger partial charge in [0.2, 0.25) is 5.91 Å². The lowest BCUT2D eigenvalue weighted by Crippen LogP contribution is -2.10. The molecular formula is C12H12ClNO2. The van der Waals surface area contributed by atoms with Crippen molar-refractivity contribution in [2.24, 2.45) is 0 Å². The molecule has 0 saturated heterocycles. The third kappa shape index (κ3) is 1.71. The highest BCUT2D eigenvalue weighted by atomic mass is 35.5. The van der Waals surface area contributed by atoms with Gasteiger partial charge in [-0.3, -0.25) is 9.59 Å². The second-order valence-electron chi connectivity index (χ2n) is 3.81. The van der Waals surface area contributed by atoms with Gasteiger partial charge in [0.05, 0.1) is 11.8 Å². The van der Waals surface area contributed by atoms with E-state index >= 15 is 0 Å². The molecule has 84 valence electrons. The fraction of sp³-hybridized carbons (Fsp3) is 0.333. The Morgan fingerprint density at radius 3 is 2.88 bits per heavy atom. The van der Waals surface area contributed by atoms with Gasteiger partial charge in [0.1, 0.15) is 0 Å². The van der Waals surface area contributed by atoms with E-state index in [0.717, 1.165) is 17.7 Å². The Morgan fingerprint density at radius 2 is 2.25 bits per heavy atom. The predicted octanol–water partition coefficient (Wildman–Crippen LogP) is 2.55. The molecule has 0 saturated carbocycles. The van der Waals surface area contributed by atoms with Crippen LogP contribution in [0.3, 0.4) is 0 Å². The first-order chi connectivity index (χ1) is 7.67. The first-order valence-corrected chi connectivity index (χ1v) is 5.74. The zero-order valence-electron chi connectivity index (χ0n) is 8.92. The van der Waals surface area contributed by atoms with Crippen molar-refractivity contribution in [3.05, 3.63) is 29.3 Å². The van der Waals surface area contributed by atoms with Gasteiger partial charge in [-0.2, -0.15) is 0 Å². The number of halogens is 1. The van der Waals surface area contributed by atoms with E-state index in [1.807, 2.05) is 6.92 Å². The van der Waals surface area contributed by atoms with Gasteiger partial charge in [-0.1, -0.05) is 6.92 Å². The van der Waals surface area contributed by atoms with Crippen LogP contribution in [0.25, 0.3) is 0 Å². The minimum Gasteiger partial charge on any atom is -0.325 e. The number of hydrogen-bond acceptors (Lipinski definition) is 2. The normalized spacial score (nSPS) is 18.1. The molecule has 1 amide bonds. The van der Waals surface area contributed by atoms with Crippen LogP contribution < -0.4 is 5.32 Å². The van der Waals surface area contributed by atoms with E-state index in [2.05, 4.69) is 5.32 Å². The Morgan fingerprint density at radius 1 is 1.50 bits per heavy atom. The number of hydrogen-bond donors (Lipinski definition) is 1. The van der Waals surface area contributed by atoms with Gasteiger partial charge >= 0.3 is 0 Å². The Balaban J connectivity index is 2.43. The topological polar surface area (TPSA) is 46.2 Å². The molecule has 1 aromatic carbocycles. The lowest BCUT2D eigenvalue weighted by Gasteiger charge is -2.06. The molecule has 1 heterocycles. The molecule has 0 radical (unpaired) electrons. The molecule has 1 unspecified atom stereocenters. The van der Waals surface area contributed by atoms with Crippen LogP contribution in [-0.4, -0.2) is 17.6 Å². The highest BCUT2D eigenvalue weighted by molar-refractivity contribution is 6.30. The van der Waals surface area contributed by atoms with Crippen LogP contribution in [0.2, 0.25) is 0 Å². The maximum atomic E-state index is 11.6. The number of ketones is 1. The SMILES string of the molecule is CCC1C(=O)Nc2ccc(C(=O)CCl)cc21. The molecule has 16 heavy (non-hydrogen) atoms. The van der Waals surface area contributed by atoms with Gasteiger partial charge in [0.25, 0.3) is 0 Å². The Bertz CT molecular complexity index is 456. The number of Topliss-reactive ketones (excluding diaryl/α,β-unsaturated/α-hetero) is 1. The lowest BCUT2D eigenvalue weighted by molar-refractivity contribution is -0.117. The van der Waals surface area contributed by atoms with Crippen molar-refractivity contribution >= 4 is 29.0 Å². The molecule has 0 aliphatic carbocycles. The molecule has 4 heteroatoms. The molecule has 0 aromatic heterocycles. The summed E-state index contributed by atoms with van der Waals surface area (Å²) in [4.78, 5) is 23.0. The van der Waals surface area contributed by atoms with Gasteiger partial charge in [-0.05, 0) is 30.2 Å². The molecule has 1 aromatic rings. The molecule has 1 aliphatic heterocycles. The third-order valence-corrected chi connectivity index (χ3v) is 3.10. The molecule has 3 nitrogen and oxygen atoms in total. The summed E-state index contributed by atoms with van der Waals surface area (Å²) in [6.45, 7) is 1.95. The van der Waals surface area contributed by atoms with Crippen LogP contribution in [0, 0.1) is 0 Å². The molecule has 1 atom stereocenters. The Hall–Kier alpha value is -1.35. The molecule has 1 N–H and O–H groups in total. The monoisotopic (exact) mass is 237 g/mol. The van der Waals surface area contributed by atoms with Crippen molar-refractivity contribution in [1.29, 1.82) is 0 Å². The van der Waals surface area contributed by atoms with Crippen molar-refractivity contribution in [2.45, 2.75) is 19.3 Å². The zero-order valence-corrected chi connectivity index (χ0v) is 9.67. The van der Waals surface area contributed by atoms with Gasteiger partial charge < -0.3 is 5.32 Å². The van der Waals surface area contributed by atoms with Gasteiger partial charge in [-0.25, -0.2) is 0 Å². The number of benzene rings is 1. The number of nitrogens with one attached hydrogen (secondary N) is 1. The molecular weight excluding hydrogens is 226 g/mol. The van der Waals surface area contributed by atoms with E-state index in [1.54, 1.807) is 18.2 Å². The lowest BCUT2D eigenvalue weighted by atomic mass is 9.95. The second kappa shape index (κ2) is 4.26. The number of amides is 1. The van der Waals surface area contributed by atoms with Crippen molar-refractivity contribution in [3.63, 3.8) is 0 Å². The smallest absolute Gasteiger partial charge is 0.231 e.